The normalized spacial score (nSPS) is 14.4. The topological polar surface area (TPSA) is 99.4 Å². The summed E-state index contributed by atoms with van der Waals surface area (Å²) in [6.45, 7) is 0.390. The van der Waals surface area contributed by atoms with E-state index in [9.17, 15) is 14.4 Å². The van der Waals surface area contributed by atoms with Crippen molar-refractivity contribution in [1.82, 2.24) is 14.7 Å². The molecule has 3 amide bonds. The molecule has 1 heterocycles. The fourth-order valence-electron chi connectivity index (χ4n) is 2.78. The monoisotopic (exact) mass is 377 g/mol. The summed E-state index contributed by atoms with van der Waals surface area (Å²) in [6, 6.07) is 3.40. The number of fused-ring (bicyclic) bond motifs is 1. The van der Waals surface area contributed by atoms with Crippen molar-refractivity contribution in [2.45, 2.75) is 6.54 Å². The smallest absolute Gasteiger partial charge is 0.242 e. The number of anilines is 2. The van der Waals surface area contributed by atoms with Gasteiger partial charge in [0, 0.05) is 34.7 Å². The highest BCUT2D eigenvalue weighted by atomic mass is 16.5. The lowest BCUT2D eigenvalue weighted by atomic mass is 10.1. The Kier molecular flexibility index (Phi) is 6.27. The highest BCUT2D eigenvalue weighted by Gasteiger charge is 2.30. The molecule has 0 bridgehead atoms. The molecular weight excluding hydrogens is 350 g/mol. The fraction of sp³-hybridized carbons (Fsp3) is 0.500. The van der Waals surface area contributed by atoms with Gasteiger partial charge in [-0.25, -0.2) is 0 Å². The molecule has 0 spiro atoms. The van der Waals surface area contributed by atoms with Gasteiger partial charge >= 0.3 is 0 Å². The summed E-state index contributed by atoms with van der Waals surface area (Å²) in [5.41, 5.74) is 7.74. The van der Waals surface area contributed by atoms with Gasteiger partial charge in [0.1, 0.15) is 12.3 Å². The molecule has 0 saturated carbocycles. The summed E-state index contributed by atoms with van der Waals surface area (Å²) in [6.07, 6.45) is 0. The lowest BCUT2D eigenvalue weighted by Gasteiger charge is -2.24. The molecule has 1 aromatic rings. The average Bonchev–Trinajstić information content (AvgIpc) is 2.71. The molecule has 1 aliphatic heterocycles. The van der Waals surface area contributed by atoms with Gasteiger partial charge in [0.2, 0.25) is 17.7 Å². The van der Waals surface area contributed by atoms with Crippen LogP contribution < -0.4 is 15.4 Å². The second kappa shape index (κ2) is 8.26. The first-order valence-electron chi connectivity index (χ1n) is 8.53. The quantitative estimate of drug-likeness (QED) is 0.701. The Morgan fingerprint density at radius 1 is 1.07 bits per heavy atom. The summed E-state index contributed by atoms with van der Waals surface area (Å²) in [5, 5.41) is 0. The van der Waals surface area contributed by atoms with Gasteiger partial charge in [-0.1, -0.05) is 0 Å². The molecule has 0 unspecified atom stereocenters. The Labute approximate surface area is 159 Å². The van der Waals surface area contributed by atoms with E-state index in [0.717, 1.165) is 5.56 Å². The Morgan fingerprint density at radius 3 is 2.22 bits per heavy atom. The third-order valence-electron chi connectivity index (χ3n) is 4.43. The SMILES string of the molecule is COc1cc2c(cc1N)N(CC(=O)N(C)C)C(=O)CN(CC(=O)N(C)C)C2. The summed E-state index contributed by atoms with van der Waals surface area (Å²) in [4.78, 5) is 43.3. The van der Waals surface area contributed by atoms with Crippen LogP contribution in [0.2, 0.25) is 0 Å². The molecular formula is C18H27N5O4. The Hall–Kier alpha value is -2.81. The third kappa shape index (κ3) is 4.68. The van der Waals surface area contributed by atoms with Crippen LogP contribution in [0.15, 0.2) is 12.1 Å². The largest absolute Gasteiger partial charge is 0.495 e. The summed E-state index contributed by atoms with van der Waals surface area (Å²) >= 11 is 0. The molecule has 1 aromatic carbocycles. The van der Waals surface area contributed by atoms with Crippen LogP contribution in [0.3, 0.4) is 0 Å². The maximum absolute atomic E-state index is 12.9. The molecule has 2 rings (SSSR count). The number of carbonyl (C=O) groups excluding carboxylic acids is 3. The molecule has 9 heteroatoms. The number of nitrogens with zero attached hydrogens (tertiary/aromatic N) is 4. The lowest BCUT2D eigenvalue weighted by Crippen LogP contribution is -2.44. The molecule has 0 radical (unpaired) electrons. The van der Waals surface area contributed by atoms with Crippen LogP contribution in [0.4, 0.5) is 11.4 Å². The average molecular weight is 377 g/mol. The van der Waals surface area contributed by atoms with E-state index in [1.807, 2.05) is 0 Å². The van der Waals surface area contributed by atoms with Crippen molar-refractivity contribution in [3.8, 4) is 5.75 Å². The fourth-order valence-corrected chi connectivity index (χ4v) is 2.78. The minimum absolute atomic E-state index is 0.0250. The van der Waals surface area contributed by atoms with Gasteiger partial charge < -0.3 is 25.2 Å². The van der Waals surface area contributed by atoms with Gasteiger partial charge in [-0.2, -0.15) is 0 Å². The maximum atomic E-state index is 12.9. The number of ether oxygens (including phenoxy) is 1. The van der Waals surface area contributed by atoms with E-state index >= 15 is 0 Å². The van der Waals surface area contributed by atoms with Crippen LogP contribution in [0, 0.1) is 0 Å². The molecule has 0 atom stereocenters. The van der Waals surface area contributed by atoms with Crippen molar-refractivity contribution < 1.29 is 19.1 Å². The molecule has 27 heavy (non-hydrogen) atoms. The van der Waals surface area contributed by atoms with E-state index < -0.39 is 0 Å². The summed E-state index contributed by atoms with van der Waals surface area (Å²) in [7, 11) is 8.12. The van der Waals surface area contributed by atoms with Gasteiger partial charge in [0.25, 0.3) is 0 Å². The van der Waals surface area contributed by atoms with Crippen LogP contribution in [-0.2, 0) is 20.9 Å². The number of likely N-dealkylation sites (N-methyl/N-ethyl adjacent to an activating group) is 2. The van der Waals surface area contributed by atoms with E-state index in [2.05, 4.69) is 0 Å². The van der Waals surface area contributed by atoms with Gasteiger partial charge in [-0.05, 0) is 17.7 Å². The zero-order chi connectivity index (χ0) is 20.3. The van der Waals surface area contributed by atoms with Gasteiger partial charge in [-0.3, -0.25) is 19.3 Å². The second-order valence-electron chi connectivity index (χ2n) is 6.92. The van der Waals surface area contributed by atoms with E-state index in [4.69, 9.17) is 10.5 Å². The van der Waals surface area contributed by atoms with Crippen LogP contribution in [0.25, 0.3) is 0 Å². The minimum atomic E-state index is -0.264. The number of nitrogen functional groups attached to an aromatic ring is 1. The predicted octanol–water partition coefficient (Wildman–Crippen LogP) is -0.398. The van der Waals surface area contributed by atoms with Gasteiger partial charge in [0.15, 0.2) is 0 Å². The number of rotatable bonds is 5. The van der Waals surface area contributed by atoms with Crippen LogP contribution in [0.5, 0.6) is 5.75 Å². The maximum Gasteiger partial charge on any atom is 0.242 e. The molecule has 1 aliphatic rings. The molecule has 0 aliphatic carbocycles. The van der Waals surface area contributed by atoms with Crippen molar-refractivity contribution in [3.63, 3.8) is 0 Å². The number of carbonyl (C=O) groups is 3. The third-order valence-corrected chi connectivity index (χ3v) is 4.43. The molecule has 9 nitrogen and oxygen atoms in total. The molecule has 2 N–H and O–H groups in total. The van der Waals surface area contributed by atoms with Crippen molar-refractivity contribution in [1.29, 1.82) is 0 Å². The summed E-state index contributed by atoms with van der Waals surface area (Å²) in [5.74, 6) is -0.0907. The van der Waals surface area contributed by atoms with E-state index in [0.29, 0.717) is 23.7 Å². The summed E-state index contributed by atoms with van der Waals surface area (Å²) < 4.78 is 5.29. The van der Waals surface area contributed by atoms with E-state index in [1.165, 1.54) is 21.8 Å². The molecule has 0 saturated heterocycles. The van der Waals surface area contributed by atoms with E-state index in [1.54, 1.807) is 45.2 Å². The molecule has 0 fully saturated rings. The second-order valence-corrected chi connectivity index (χ2v) is 6.92. The lowest BCUT2D eigenvalue weighted by molar-refractivity contribution is -0.132. The number of benzene rings is 1. The van der Waals surface area contributed by atoms with Crippen molar-refractivity contribution >= 4 is 29.1 Å². The molecule has 0 aromatic heterocycles. The predicted molar refractivity (Wildman–Crippen MR) is 102 cm³/mol. The van der Waals surface area contributed by atoms with Crippen LogP contribution >= 0.6 is 0 Å². The highest BCUT2D eigenvalue weighted by molar-refractivity contribution is 6.01. The Morgan fingerprint density at radius 2 is 1.67 bits per heavy atom. The van der Waals surface area contributed by atoms with Crippen LogP contribution in [-0.4, -0.2) is 87.4 Å². The Bertz CT molecular complexity index is 748. The number of nitrogens with two attached hydrogens (primary N) is 1. The first kappa shape index (κ1) is 20.5. The van der Waals surface area contributed by atoms with Crippen molar-refractivity contribution in [3.05, 3.63) is 17.7 Å². The number of amides is 3. The van der Waals surface area contributed by atoms with Crippen molar-refractivity contribution in [2.75, 3.05) is 65.6 Å². The van der Waals surface area contributed by atoms with E-state index in [-0.39, 0.29) is 37.4 Å². The first-order valence-corrected chi connectivity index (χ1v) is 8.53. The Balaban J connectivity index is 2.44. The van der Waals surface area contributed by atoms with Gasteiger partial charge in [0.05, 0.1) is 31.6 Å². The highest BCUT2D eigenvalue weighted by Crippen LogP contribution is 2.34. The molecule has 148 valence electrons. The number of hydrogen-bond donors (Lipinski definition) is 1. The standard InChI is InChI=1S/C18H27N5O4/c1-20(2)16(24)9-22-8-12-6-15(27-5)13(19)7-14(12)23(18(26)10-22)11-17(25)21(3)4/h6-7H,8-11,19H2,1-5H3. The first-order chi connectivity index (χ1) is 12.6. The zero-order valence-corrected chi connectivity index (χ0v) is 16.5. The minimum Gasteiger partial charge on any atom is -0.495 e. The number of hydrogen-bond acceptors (Lipinski definition) is 6. The van der Waals surface area contributed by atoms with Gasteiger partial charge in [-0.15, -0.1) is 0 Å². The van der Waals surface area contributed by atoms with Crippen molar-refractivity contribution in [2.24, 2.45) is 0 Å². The number of methoxy groups -OCH3 is 1. The zero-order valence-electron chi connectivity index (χ0n) is 16.5. The van der Waals surface area contributed by atoms with Crippen LogP contribution in [0.1, 0.15) is 5.56 Å².